The van der Waals surface area contributed by atoms with E-state index in [1.807, 2.05) is 60.7 Å². The van der Waals surface area contributed by atoms with Crippen molar-refractivity contribution in [3.63, 3.8) is 0 Å². The highest BCUT2D eigenvalue weighted by atomic mass is 32.1. The van der Waals surface area contributed by atoms with E-state index in [4.69, 9.17) is 19.2 Å². The first-order valence-electron chi connectivity index (χ1n) is 16.3. The largest absolute Gasteiger partial charge is 0.497 e. The van der Waals surface area contributed by atoms with Gasteiger partial charge >= 0.3 is 0 Å². The molecule has 248 valence electrons. The fourth-order valence-electron chi connectivity index (χ4n) is 6.24. The van der Waals surface area contributed by atoms with Crippen LogP contribution in [0.4, 0.5) is 17.1 Å². The number of aryl methyl sites for hydroxylation is 2. The summed E-state index contributed by atoms with van der Waals surface area (Å²) in [4.78, 5) is 14.3. The third-order valence-electron chi connectivity index (χ3n) is 8.69. The van der Waals surface area contributed by atoms with Crippen LogP contribution in [0.2, 0.25) is 0 Å². The van der Waals surface area contributed by atoms with Crippen LogP contribution in [0, 0.1) is 13.8 Å². The first kappa shape index (κ1) is 32.6. The minimum atomic E-state index is 0.791. The van der Waals surface area contributed by atoms with Gasteiger partial charge in [-0.05, 0) is 145 Å². The smallest absolute Gasteiger partial charge is 0.119 e. The minimum Gasteiger partial charge on any atom is -0.497 e. The summed E-state index contributed by atoms with van der Waals surface area (Å²) in [5.41, 5.74) is 11.4. The zero-order valence-corrected chi connectivity index (χ0v) is 29.5. The predicted molar refractivity (Wildman–Crippen MR) is 205 cm³/mol. The van der Waals surface area contributed by atoms with Gasteiger partial charge in [0.2, 0.25) is 0 Å². The topological polar surface area (TPSA) is 56.7 Å². The van der Waals surface area contributed by atoms with Crippen molar-refractivity contribution in [2.75, 3.05) is 26.2 Å². The number of thiophene rings is 1. The van der Waals surface area contributed by atoms with Gasteiger partial charge < -0.3 is 19.1 Å². The van der Waals surface area contributed by atoms with Crippen LogP contribution in [0.5, 0.6) is 17.2 Å². The van der Waals surface area contributed by atoms with Crippen molar-refractivity contribution >= 4 is 28.4 Å². The van der Waals surface area contributed by atoms with Gasteiger partial charge in [-0.25, -0.2) is 4.98 Å². The molecule has 0 aliphatic rings. The Morgan fingerprint density at radius 2 is 1.12 bits per heavy atom. The standard InChI is InChI=1S/C43H37N3O3S/c1-28-23-34(46(32-12-16-35(47-3)17-13-32)33-14-18-36(48-4)19-15-33)24-29(2)43(28)42-21-20-41(50-42)31-26-39(30-9-8-10-37(25-30)49-5)45-40(27-31)38-11-6-7-22-44-38/h6-27H,1-5H3. The van der Waals surface area contributed by atoms with Gasteiger partial charge in [0, 0.05) is 38.6 Å². The van der Waals surface area contributed by atoms with Gasteiger partial charge in [0.15, 0.2) is 0 Å². The maximum atomic E-state index is 5.52. The second kappa shape index (κ2) is 14.3. The summed E-state index contributed by atoms with van der Waals surface area (Å²) in [5, 5.41) is 0. The molecule has 0 spiro atoms. The zero-order valence-electron chi connectivity index (χ0n) is 28.7. The molecule has 4 aromatic carbocycles. The highest BCUT2D eigenvalue weighted by Crippen LogP contribution is 2.43. The molecule has 0 atom stereocenters. The Labute approximate surface area is 297 Å². The van der Waals surface area contributed by atoms with Crippen molar-refractivity contribution < 1.29 is 14.2 Å². The molecule has 0 saturated heterocycles. The lowest BCUT2D eigenvalue weighted by molar-refractivity contribution is 0.414. The lowest BCUT2D eigenvalue weighted by Gasteiger charge is -2.27. The number of benzene rings is 4. The van der Waals surface area contributed by atoms with E-state index >= 15 is 0 Å². The van der Waals surface area contributed by atoms with Gasteiger partial charge in [0.25, 0.3) is 0 Å². The highest BCUT2D eigenvalue weighted by molar-refractivity contribution is 7.18. The summed E-state index contributed by atoms with van der Waals surface area (Å²) in [5.74, 6) is 2.42. The zero-order chi connectivity index (χ0) is 34.6. The molecule has 7 heteroatoms. The van der Waals surface area contributed by atoms with Crippen LogP contribution in [0.25, 0.3) is 43.5 Å². The van der Waals surface area contributed by atoms with Crippen molar-refractivity contribution in [1.29, 1.82) is 0 Å². The summed E-state index contributed by atoms with van der Waals surface area (Å²) in [6.07, 6.45) is 1.80. The average molecular weight is 676 g/mol. The Morgan fingerprint density at radius 1 is 0.500 bits per heavy atom. The average Bonchev–Trinajstić information content (AvgIpc) is 3.65. The van der Waals surface area contributed by atoms with E-state index in [1.165, 1.54) is 21.6 Å². The van der Waals surface area contributed by atoms with E-state index in [1.54, 1.807) is 38.9 Å². The molecule has 0 saturated carbocycles. The van der Waals surface area contributed by atoms with Gasteiger partial charge in [-0.2, -0.15) is 0 Å². The number of hydrogen-bond donors (Lipinski definition) is 0. The van der Waals surface area contributed by atoms with E-state index in [0.717, 1.165) is 67.4 Å². The molecule has 0 aliphatic heterocycles. The summed E-state index contributed by atoms with van der Waals surface area (Å²) in [6.45, 7) is 4.38. The number of hydrogen-bond acceptors (Lipinski definition) is 7. The van der Waals surface area contributed by atoms with Crippen LogP contribution in [0.15, 0.2) is 134 Å². The van der Waals surface area contributed by atoms with Crippen LogP contribution in [0.3, 0.4) is 0 Å². The van der Waals surface area contributed by atoms with Crippen molar-refractivity contribution in [1.82, 2.24) is 9.97 Å². The fraction of sp³-hybridized carbons (Fsp3) is 0.116. The Balaban J connectivity index is 1.28. The SMILES string of the molecule is COc1ccc(N(c2ccc(OC)cc2)c2cc(C)c(-c3ccc(-c4cc(-c5cccc(OC)c5)nc(-c5ccccn5)c4)s3)c(C)c2)cc1. The third-order valence-corrected chi connectivity index (χ3v) is 9.84. The van der Waals surface area contributed by atoms with Gasteiger partial charge in [0.1, 0.15) is 17.2 Å². The lowest BCUT2D eigenvalue weighted by atomic mass is 9.99. The van der Waals surface area contributed by atoms with Crippen molar-refractivity contribution in [3.8, 4) is 60.8 Å². The van der Waals surface area contributed by atoms with E-state index in [0.29, 0.717) is 0 Å². The predicted octanol–water partition coefficient (Wildman–Crippen LogP) is 11.3. The Kier molecular flexibility index (Phi) is 9.32. The summed E-state index contributed by atoms with van der Waals surface area (Å²) < 4.78 is 16.4. The number of pyridine rings is 2. The monoisotopic (exact) mass is 675 g/mol. The van der Waals surface area contributed by atoms with Crippen molar-refractivity contribution in [3.05, 3.63) is 145 Å². The lowest BCUT2D eigenvalue weighted by Crippen LogP contribution is -2.10. The van der Waals surface area contributed by atoms with E-state index < -0.39 is 0 Å². The number of methoxy groups -OCH3 is 3. The molecule has 0 aliphatic carbocycles. The molecule has 0 fully saturated rings. The van der Waals surface area contributed by atoms with Gasteiger partial charge in [-0.1, -0.05) is 18.2 Å². The summed E-state index contributed by atoms with van der Waals surface area (Å²) in [7, 11) is 5.05. The number of anilines is 3. The quantitative estimate of drug-likeness (QED) is 0.144. The van der Waals surface area contributed by atoms with Crippen LogP contribution < -0.4 is 19.1 Å². The van der Waals surface area contributed by atoms with Crippen LogP contribution in [-0.4, -0.2) is 31.3 Å². The van der Waals surface area contributed by atoms with Crippen molar-refractivity contribution in [2.24, 2.45) is 0 Å². The fourth-order valence-corrected chi connectivity index (χ4v) is 7.41. The molecule has 50 heavy (non-hydrogen) atoms. The van der Waals surface area contributed by atoms with E-state index in [9.17, 15) is 0 Å². The molecule has 0 radical (unpaired) electrons. The van der Waals surface area contributed by atoms with Gasteiger partial charge in [-0.15, -0.1) is 11.3 Å². The van der Waals surface area contributed by atoms with E-state index in [2.05, 4.69) is 90.5 Å². The van der Waals surface area contributed by atoms with Gasteiger partial charge in [0.05, 0.1) is 38.4 Å². The second-order valence-corrected chi connectivity index (χ2v) is 13.0. The number of rotatable bonds is 10. The molecule has 3 heterocycles. The van der Waals surface area contributed by atoms with E-state index in [-0.39, 0.29) is 0 Å². The number of nitrogens with zero attached hydrogens (tertiary/aromatic N) is 3. The maximum Gasteiger partial charge on any atom is 0.119 e. The molecule has 7 rings (SSSR count). The Bertz CT molecular complexity index is 2180. The number of ether oxygens (including phenoxy) is 3. The summed E-state index contributed by atoms with van der Waals surface area (Å²) >= 11 is 1.78. The summed E-state index contributed by atoms with van der Waals surface area (Å²) in [6, 6.07) is 43.5. The maximum absolute atomic E-state index is 5.52. The molecular weight excluding hydrogens is 639 g/mol. The second-order valence-electron chi connectivity index (χ2n) is 11.9. The molecule has 0 N–H and O–H groups in total. The Hall–Kier alpha value is -5.92. The molecule has 6 nitrogen and oxygen atoms in total. The highest BCUT2D eigenvalue weighted by Gasteiger charge is 2.18. The third kappa shape index (κ3) is 6.68. The van der Waals surface area contributed by atoms with Gasteiger partial charge in [-0.3, -0.25) is 4.98 Å². The molecule has 0 amide bonds. The normalized spacial score (nSPS) is 10.9. The first-order valence-corrected chi connectivity index (χ1v) is 17.1. The van der Waals surface area contributed by atoms with Crippen LogP contribution in [0.1, 0.15) is 11.1 Å². The van der Waals surface area contributed by atoms with Crippen LogP contribution >= 0.6 is 11.3 Å². The van der Waals surface area contributed by atoms with Crippen molar-refractivity contribution in [2.45, 2.75) is 13.8 Å². The number of aromatic nitrogens is 2. The molecule has 3 aromatic heterocycles. The molecular formula is C43H37N3O3S. The molecule has 0 unspecified atom stereocenters. The molecule has 0 bridgehead atoms. The Morgan fingerprint density at radius 3 is 1.72 bits per heavy atom. The first-order chi connectivity index (χ1) is 24.4. The minimum absolute atomic E-state index is 0.791. The molecule has 7 aromatic rings. The van der Waals surface area contributed by atoms with Crippen LogP contribution in [-0.2, 0) is 0 Å².